The van der Waals surface area contributed by atoms with E-state index in [0.717, 1.165) is 6.07 Å². The number of aromatic nitrogens is 1. The highest BCUT2D eigenvalue weighted by Gasteiger charge is 2.15. The van der Waals surface area contributed by atoms with Gasteiger partial charge < -0.3 is 14.9 Å². The Hall–Kier alpha value is -2.61. The van der Waals surface area contributed by atoms with E-state index in [-0.39, 0.29) is 29.5 Å². The zero-order valence-corrected chi connectivity index (χ0v) is 12.7. The van der Waals surface area contributed by atoms with Gasteiger partial charge in [0.1, 0.15) is 11.5 Å². The fourth-order valence-corrected chi connectivity index (χ4v) is 2.69. The number of hydrogen-bond donors (Lipinski definition) is 3. The molecule has 0 spiro atoms. The third kappa shape index (κ3) is 3.73. The summed E-state index contributed by atoms with van der Waals surface area (Å²) in [6, 6.07) is 3.58. The molecule has 0 saturated heterocycles. The van der Waals surface area contributed by atoms with Crippen molar-refractivity contribution in [2.75, 3.05) is 12.4 Å². The smallest absolute Gasteiger partial charge is 0.310 e. The first-order valence-corrected chi connectivity index (χ1v) is 7.08. The maximum absolute atomic E-state index is 12.1. The summed E-state index contributed by atoms with van der Waals surface area (Å²) in [7, 11) is 1.30. The highest BCUT2D eigenvalue weighted by Crippen LogP contribution is 2.25. The topological polar surface area (TPSA) is 109 Å². The molecule has 0 aliphatic rings. The summed E-state index contributed by atoms with van der Waals surface area (Å²) < 4.78 is 4.59. The number of ether oxygens (including phenoxy) is 1. The number of nitrogens with zero attached hydrogens (tertiary/aromatic N) is 1. The number of benzene rings is 1. The van der Waals surface area contributed by atoms with Crippen molar-refractivity contribution in [3.05, 3.63) is 34.3 Å². The second kappa shape index (κ2) is 6.44. The van der Waals surface area contributed by atoms with Crippen molar-refractivity contribution in [3.63, 3.8) is 0 Å². The second-order valence-electron chi connectivity index (χ2n) is 4.47. The van der Waals surface area contributed by atoms with Crippen molar-refractivity contribution >= 4 is 28.3 Å². The van der Waals surface area contributed by atoms with Gasteiger partial charge >= 0.3 is 5.97 Å². The molecule has 3 N–H and O–H groups in total. The number of esters is 1. The van der Waals surface area contributed by atoms with E-state index >= 15 is 0 Å². The van der Waals surface area contributed by atoms with Crippen LogP contribution in [-0.2, 0) is 16.0 Å². The third-order valence-corrected chi connectivity index (χ3v) is 3.88. The Kier molecular flexibility index (Phi) is 4.62. The van der Waals surface area contributed by atoms with Crippen molar-refractivity contribution in [2.45, 2.75) is 13.3 Å². The number of phenols is 2. The van der Waals surface area contributed by atoms with E-state index in [2.05, 4.69) is 15.0 Å². The van der Waals surface area contributed by atoms with Crippen LogP contribution in [0.5, 0.6) is 11.5 Å². The summed E-state index contributed by atoms with van der Waals surface area (Å²) in [5.41, 5.74) is 0.726. The molecular weight excluding hydrogens is 308 g/mol. The van der Waals surface area contributed by atoms with Gasteiger partial charge in [0.15, 0.2) is 5.13 Å². The van der Waals surface area contributed by atoms with Crippen molar-refractivity contribution < 1.29 is 24.5 Å². The van der Waals surface area contributed by atoms with E-state index in [4.69, 9.17) is 0 Å². The molecule has 0 unspecified atom stereocenters. The molecule has 0 fully saturated rings. The van der Waals surface area contributed by atoms with Crippen molar-refractivity contribution in [1.82, 2.24) is 4.98 Å². The van der Waals surface area contributed by atoms with Crippen LogP contribution < -0.4 is 5.32 Å². The molecule has 0 saturated carbocycles. The number of amides is 1. The molecule has 7 nitrogen and oxygen atoms in total. The van der Waals surface area contributed by atoms with Gasteiger partial charge in [0, 0.05) is 16.5 Å². The van der Waals surface area contributed by atoms with Crippen molar-refractivity contribution in [2.24, 2.45) is 0 Å². The Morgan fingerprint density at radius 3 is 2.50 bits per heavy atom. The van der Waals surface area contributed by atoms with E-state index in [1.807, 2.05) is 0 Å². The summed E-state index contributed by atoms with van der Waals surface area (Å²) in [5.74, 6) is -1.34. The number of carbonyl (C=O) groups is 2. The van der Waals surface area contributed by atoms with E-state index < -0.39 is 5.91 Å². The largest absolute Gasteiger partial charge is 0.508 e. The third-order valence-electron chi connectivity index (χ3n) is 2.81. The van der Waals surface area contributed by atoms with Gasteiger partial charge in [0.2, 0.25) is 0 Å². The molecule has 22 heavy (non-hydrogen) atoms. The Balaban J connectivity index is 2.15. The van der Waals surface area contributed by atoms with Crippen LogP contribution >= 0.6 is 11.3 Å². The molecule has 0 radical (unpaired) electrons. The normalized spacial score (nSPS) is 10.3. The molecule has 0 atom stereocenters. The first-order chi connectivity index (χ1) is 10.4. The minimum Gasteiger partial charge on any atom is -0.508 e. The number of anilines is 1. The lowest BCUT2D eigenvalue weighted by molar-refractivity contribution is -0.139. The second-order valence-corrected chi connectivity index (χ2v) is 5.56. The Labute approximate surface area is 130 Å². The average molecular weight is 322 g/mol. The van der Waals surface area contributed by atoms with E-state index in [1.165, 1.54) is 30.6 Å². The predicted octanol–water partition coefficient (Wildman–Crippen LogP) is 1.83. The van der Waals surface area contributed by atoms with Gasteiger partial charge in [0.05, 0.1) is 19.2 Å². The van der Waals surface area contributed by atoms with Crippen LogP contribution in [0.2, 0.25) is 0 Å². The molecule has 0 aliphatic heterocycles. The quantitative estimate of drug-likeness (QED) is 0.741. The lowest BCUT2D eigenvalue weighted by Gasteiger charge is -2.03. The summed E-state index contributed by atoms with van der Waals surface area (Å²) in [5, 5.41) is 21.6. The minimum absolute atomic E-state index is 0.0861. The van der Waals surface area contributed by atoms with Gasteiger partial charge in [-0.15, -0.1) is 11.3 Å². The van der Waals surface area contributed by atoms with Gasteiger partial charge in [0.25, 0.3) is 5.91 Å². The molecule has 8 heteroatoms. The molecule has 2 rings (SSSR count). The summed E-state index contributed by atoms with van der Waals surface area (Å²) in [6.45, 7) is 1.73. The Morgan fingerprint density at radius 2 is 1.91 bits per heavy atom. The zero-order chi connectivity index (χ0) is 16.3. The number of carbonyl (C=O) groups excluding carboxylic acids is 2. The number of thiazole rings is 1. The predicted molar refractivity (Wildman–Crippen MR) is 80.3 cm³/mol. The SMILES string of the molecule is COC(=O)Cc1sc(NC(=O)c2cc(O)cc(O)c2)nc1C. The fraction of sp³-hybridized carbons (Fsp3) is 0.214. The number of nitrogens with one attached hydrogen (secondary N) is 1. The molecule has 1 aromatic carbocycles. The maximum Gasteiger partial charge on any atom is 0.310 e. The number of hydrogen-bond acceptors (Lipinski definition) is 7. The summed E-state index contributed by atoms with van der Waals surface area (Å²) >= 11 is 1.17. The Morgan fingerprint density at radius 1 is 1.27 bits per heavy atom. The zero-order valence-electron chi connectivity index (χ0n) is 11.9. The summed E-state index contributed by atoms with van der Waals surface area (Å²) in [4.78, 5) is 28.2. The van der Waals surface area contributed by atoms with Gasteiger partial charge in [-0.2, -0.15) is 0 Å². The Bertz CT molecular complexity index is 706. The molecule has 116 valence electrons. The van der Waals surface area contributed by atoms with Crippen LogP contribution in [0.3, 0.4) is 0 Å². The lowest BCUT2D eigenvalue weighted by atomic mass is 10.2. The van der Waals surface area contributed by atoms with E-state index in [1.54, 1.807) is 6.92 Å². The number of aromatic hydroxyl groups is 2. The van der Waals surface area contributed by atoms with E-state index in [9.17, 15) is 19.8 Å². The standard InChI is InChI=1S/C14H14N2O5S/c1-7-11(6-12(19)21-2)22-14(15-7)16-13(20)8-3-9(17)5-10(18)4-8/h3-5,17-18H,6H2,1-2H3,(H,15,16,20). The van der Waals surface area contributed by atoms with Crippen LogP contribution in [0.25, 0.3) is 0 Å². The lowest BCUT2D eigenvalue weighted by Crippen LogP contribution is -2.11. The molecule has 0 aliphatic carbocycles. The molecule has 1 amide bonds. The highest BCUT2D eigenvalue weighted by molar-refractivity contribution is 7.16. The molecule has 1 aromatic heterocycles. The molecule has 0 bridgehead atoms. The summed E-state index contributed by atoms with van der Waals surface area (Å²) in [6.07, 6.45) is 0.0861. The highest BCUT2D eigenvalue weighted by atomic mass is 32.1. The number of phenolic OH excluding ortho intramolecular Hbond substituents is 2. The first-order valence-electron chi connectivity index (χ1n) is 6.26. The molecule has 2 aromatic rings. The van der Waals surface area contributed by atoms with Crippen LogP contribution in [0.4, 0.5) is 5.13 Å². The van der Waals surface area contributed by atoms with Crippen LogP contribution in [-0.4, -0.2) is 34.2 Å². The van der Waals surface area contributed by atoms with Crippen LogP contribution in [0.15, 0.2) is 18.2 Å². The van der Waals surface area contributed by atoms with Gasteiger partial charge in [-0.25, -0.2) is 4.98 Å². The van der Waals surface area contributed by atoms with Crippen molar-refractivity contribution in [1.29, 1.82) is 0 Å². The maximum atomic E-state index is 12.1. The van der Waals surface area contributed by atoms with Gasteiger partial charge in [-0.1, -0.05) is 0 Å². The monoisotopic (exact) mass is 322 g/mol. The van der Waals surface area contributed by atoms with Crippen molar-refractivity contribution in [3.8, 4) is 11.5 Å². The minimum atomic E-state index is -0.524. The first kappa shape index (κ1) is 15.8. The molecular formula is C14H14N2O5S. The number of rotatable bonds is 4. The average Bonchev–Trinajstić information content (AvgIpc) is 2.77. The van der Waals surface area contributed by atoms with Gasteiger partial charge in [-0.3, -0.25) is 14.9 Å². The van der Waals surface area contributed by atoms with Crippen LogP contribution in [0.1, 0.15) is 20.9 Å². The number of methoxy groups -OCH3 is 1. The van der Waals surface area contributed by atoms with E-state index in [0.29, 0.717) is 15.7 Å². The van der Waals surface area contributed by atoms with Gasteiger partial charge in [-0.05, 0) is 19.1 Å². The van der Waals surface area contributed by atoms with Crippen LogP contribution in [0, 0.1) is 6.92 Å². The fourth-order valence-electron chi connectivity index (χ4n) is 1.74. The molecule has 1 heterocycles. The number of aryl methyl sites for hydroxylation is 1.